The highest BCUT2D eigenvalue weighted by Crippen LogP contribution is 2.39. The minimum Gasteiger partial charge on any atom is -0.354 e. The fraction of sp³-hybridized carbons (Fsp3) is 0.409. The predicted octanol–water partition coefficient (Wildman–Crippen LogP) is 4.01. The molecule has 3 rings (SSSR count). The van der Waals surface area contributed by atoms with Gasteiger partial charge in [0.2, 0.25) is 0 Å². The van der Waals surface area contributed by atoms with Crippen LogP contribution in [0.5, 0.6) is 0 Å². The predicted molar refractivity (Wildman–Crippen MR) is 129 cm³/mol. The van der Waals surface area contributed by atoms with Gasteiger partial charge in [-0.15, -0.1) is 0 Å². The molecule has 1 aromatic carbocycles. The number of nitrogens with zero attached hydrogens (tertiary/aromatic N) is 5. The lowest BCUT2D eigenvalue weighted by Gasteiger charge is -2.35. The number of nitrogens with two attached hydrogens (primary N) is 1. The molecule has 2 aromatic rings. The van der Waals surface area contributed by atoms with E-state index in [4.69, 9.17) is 17.3 Å². The molecule has 0 atom stereocenters. The number of aliphatic imine (C=N–C) groups is 1. The summed E-state index contributed by atoms with van der Waals surface area (Å²) in [5.74, 6) is 1.72. The Labute approximate surface area is 188 Å². The molecule has 2 heterocycles. The first-order chi connectivity index (χ1) is 14.5. The zero-order valence-corrected chi connectivity index (χ0v) is 19.2. The Morgan fingerprint density at radius 3 is 2.70 bits per heavy atom. The summed E-state index contributed by atoms with van der Waals surface area (Å²) in [5.41, 5.74) is 7.69. The van der Waals surface area contributed by atoms with Gasteiger partial charge in [-0.05, 0) is 51.7 Å². The lowest BCUT2D eigenvalue weighted by atomic mass is 10.1. The summed E-state index contributed by atoms with van der Waals surface area (Å²) in [6, 6.07) is 7.93. The number of aromatic nitrogens is 2. The highest BCUT2D eigenvalue weighted by molar-refractivity contribution is 8.08. The highest BCUT2D eigenvalue weighted by Gasteiger charge is 2.19. The fourth-order valence-electron chi connectivity index (χ4n) is 3.54. The maximum absolute atomic E-state index is 6.49. The van der Waals surface area contributed by atoms with E-state index in [0.29, 0.717) is 5.02 Å². The van der Waals surface area contributed by atoms with Gasteiger partial charge in [0.05, 0.1) is 0 Å². The van der Waals surface area contributed by atoms with Gasteiger partial charge in [-0.1, -0.05) is 35.5 Å². The van der Waals surface area contributed by atoms with Crippen LogP contribution in [-0.2, 0) is 0 Å². The summed E-state index contributed by atoms with van der Waals surface area (Å²) in [7, 11) is 0. The van der Waals surface area contributed by atoms with Gasteiger partial charge in [-0.3, -0.25) is 9.89 Å². The van der Waals surface area contributed by atoms with Crippen molar-refractivity contribution >= 4 is 40.8 Å². The first kappa shape index (κ1) is 22.7. The summed E-state index contributed by atoms with van der Waals surface area (Å²) < 4.78 is 0. The average molecular weight is 445 g/mol. The zero-order chi connectivity index (χ0) is 21.5. The van der Waals surface area contributed by atoms with Crippen molar-refractivity contribution in [3.05, 3.63) is 52.4 Å². The molecule has 0 saturated carbocycles. The number of rotatable bonds is 8. The molecule has 0 aliphatic carbocycles. The molecule has 0 radical (unpaired) electrons. The normalized spacial score (nSPS) is 15.5. The molecule has 1 aromatic heterocycles. The quantitative estimate of drug-likeness (QED) is 0.377. The largest absolute Gasteiger partial charge is 0.354 e. The van der Waals surface area contributed by atoms with Gasteiger partial charge in [0.1, 0.15) is 16.7 Å². The van der Waals surface area contributed by atoms with E-state index >= 15 is 0 Å². The Kier molecular flexibility index (Phi) is 8.27. The van der Waals surface area contributed by atoms with Crippen molar-refractivity contribution in [1.29, 1.82) is 0 Å². The molecular formula is C22H29ClN6S. The number of thioether (sulfide) groups is 1. The van der Waals surface area contributed by atoms with Crippen LogP contribution in [0.4, 0.5) is 5.82 Å². The van der Waals surface area contributed by atoms with Gasteiger partial charge >= 0.3 is 0 Å². The Morgan fingerprint density at radius 2 is 2.03 bits per heavy atom. The van der Waals surface area contributed by atoms with Crippen LogP contribution in [0.3, 0.4) is 0 Å². The molecule has 8 heteroatoms. The lowest BCUT2D eigenvalue weighted by molar-refractivity contribution is 0.256. The van der Waals surface area contributed by atoms with E-state index in [1.165, 1.54) is 11.8 Å². The first-order valence-electron chi connectivity index (χ1n) is 10.1. The second kappa shape index (κ2) is 10.9. The van der Waals surface area contributed by atoms with Crippen molar-refractivity contribution in [2.24, 2.45) is 10.7 Å². The van der Waals surface area contributed by atoms with Crippen molar-refractivity contribution in [2.45, 2.75) is 25.3 Å². The number of anilines is 1. The monoisotopic (exact) mass is 444 g/mol. The van der Waals surface area contributed by atoms with Gasteiger partial charge in [0.25, 0.3) is 0 Å². The Bertz CT molecular complexity index is 888. The summed E-state index contributed by atoms with van der Waals surface area (Å²) in [4.78, 5) is 19.0. The van der Waals surface area contributed by atoms with Crippen molar-refractivity contribution < 1.29 is 0 Å². The number of aryl methyl sites for hydroxylation is 2. The summed E-state index contributed by atoms with van der Waals surface area (Å²) in [6.07, 6.45) is 2.79. The molecule has 1 saturated heterocycles. The first-order valence-corrected chi connectivity index (χ1v) is 11.3. The minimum absolute atomic E-state index is 0.692. The van der Waals surface area contributed by atoms with E-state index in [0.717, 1.165) is 78.4 Å². The molecular weight excluding hydrogens is 416 g/mol. The summed E-state index contributed by atoms with van der Waals surface area (Å²) in [6.45, 7) is 13.4. The van der Waals surface area contributed by atoms with Crippen LogP contribution < -0.4 is 10.6 Å². The third-order valence-electron chi connectivity index (χ3n) is 5.07. The van der Waals surface area contributed by atoms with Crippen LogP contribution in [0.2, 0.25) is 5.02 Å². The number of benzene rings is 1. The average Bonchev–Trinajstić information content (AvgIpc) is 2.72. The zero-order valence-electron chi connectivity index (χ0n) is 17.6. The minimum atomic E-state index is 0.692. The van der Waals surface area contributed by atoms with Gasteiger partial charge in [-0.2, -0.15) is 0 Å². The molecule has 0 amide bonds. The van der Waals surface area contributed by atoms with Crippen molar-refractivity contribution in [1.82, 2.24) is 14.9 Å². The van der Waals surface area contributed by atoms with Crippen LogP contribution in [0.15, 0.2) is 40.5 Å². The third-order valence-corrected chi connectivity index (χ3v) is 6.33. The molecule has 0 spiro atoms. The SMILES string of the molecule is C=N/C=C(\Sc1cc(N2CCN(CCCN)CC2)nc(C)n1)c1c(C)cccc1Cl. The molecule has 1 fully saturated rings. The molecule has 1 aliphatic rings. The van der Waals surface area contributed by atoms with Gasteiger partial charge in [-0.25, -0.2) is 9.97 Å². The van der Waals surface area contributed by atoms with E-state index in [2.05, 4.69) is 37.5 Å². The number of hydrogen-bond acceptors (Lipinski definition) is 7. The second-order valence-electron chi connectivity index (χ2n) is 7.29. The molecule has 2 N–H and O–H groups in total. The van der Waals surface area contributed by atoms with E-state index in [-0.39, 0.29) is 0 Å². The standard InChI is InChI=1S/C22H29ClN6S/c1-16-6-4-7-18(23)22(16)19(15-25-3)30-21-14-20(26-17(2)27-21)29-12-10-28(11-13-29)9-5-8-24/h4,6-7,14-15H,3,5,8-13,24H2,1-2H3/b19-15-. The number of halogens is 1. The molecule has 0 unspecified atom stereocenters. The number of piperazine rings is 1. The summed E-state index contributed by atoms with van der Waals surface area (Å²) in [5, 5.41) is 1.56. The summed E-state index contributed by atoms with van der Waals surface area (Å²) >= 11 is 8.03. The van der Waals surface area contributed by atoms with E-state index in [1.54, 1.807) is 6.20 Å². The highest BCUT2D eigenvalue weighted by atomic mass is 35.5. The maximum atomic E-state index is 6.49. The van der Waals surface area contributed by atoms with Crippen LogP contribution in [0.25, 0.3) is 4.91 Å². The molecule has 1 aliphatic heterocycles. The Morgan fingerprint density at radius 1 is 1.27 bits per heavy atom. The van der Waals surface area contributed by atoms with E-state index in [1.807, 2.05) is 32.0 Å². The van der Waals surface area contributed by atoms with Gasteiger partial charge in [0, 0.05) is 53.9 Å². The molecule has 160 valence electrons. The van der Waals surface area contributed by atoms with Crippen molar-refractivity contribution in [3.63, 3.8) is 0 Å². The lowest BCUT2D eigenvalue weighted by Crippen LogP contribution is -2.47. The topological polar surface area (TPSA) is 70.6 Å². The van der Waals surface area contributed by atoms with Gasteiger partial charge < -0.3 is 10.6 Å². The fourth-order valence-corrected chi connectivity index (χ4v) is 4.98. The molecule has 0 bridgehead atoms. The second-order valence-corrected chi connectivity index (χ2v) is 8.76. The van der Waals surface area contributed by atoms with E-state index in [9.17, 15) is 0 Å². The van der Waals surface area contributed by atoms with Crippen LogP contribution in [0, 0.1) is 13.8 Å². The van der Waals surface area contributed by atoms with Gasteiger partial charge in [0.15, 0.2) is 0 Å². The van der Waals surface area contributed by atoms with Crippen LogP contribution in [0.1, 0.15) is 23.4 Å². The van der Waals surface area contributed by atoms with Crippen molar-refractivity contribution in [2.75, 3.05) is 44.2 Å². The number of hydrogen-bond donors (Lipinski definition) is 1. The van der Waals surface area contributed by atoms with E-state index < -0.39 is 0 Å². The Hall–Kier alpha value is -1.93. The smallest absolute Gasteiger partial charge is 0.133 e. The molecule has 30 heavy (non-hydrogen) atoms. The molecule has 6 nitrogen and oxygen atoms in total. The Balaban J connectivity index is 1.79. The third kappa shape index (κ3) is 5.82. The maximum Gasteiger partial charge on any atom is 0.133 e. The van der Waals surface area contributed by atoms with Crippen molar-refractivity contribution in [3.8, 4) is 0 Å². The van der Waals surface area contributed by atoms with Crippen LogP contribution in [-0.4, -0.2) is 60.9 Å². The van der Waals surface area contributed by atoms with Crippen LogP contribution >= 0.6 is 23.4 Å².